The van der Waals surface area contributed by atoms with Gasteiger partial charge in [-0.25, -0.2) is 0 Å². The van der Waals surface area contributed by atoms with Crippen LogP contribution in [0.15, 0.2) is 16.7 Å². The van der Waals surface area contributed by atoms with Gasteiger partial charge in [0, 0.05) is 38.9 Å². The molecule has 2 heterocycles. The SMILES string of the molecule is Cc1occc1CN(C)S(=O)(=O)N1CCCC(CO)C1. The number of piperidine rings is 1. The molecule has 1 N–H and O–H groups in total. The van der Waals surface area contributed by atoms with E-state index < -0.39 is 10.2 Å². The van der Waals surface area contributed by atoms with Crippen LogP contribution >= 0.6 is 0 Å². The first-order valence-electron chi connectivity index (χ1n) is 6.80. The van der Waals surface area contributed by atoms with Gasteiger partial charge >= 0.3 is 0 Å². The first-order chi connectivity index (χ1) is 9.45. The van der Waals surface area contributed by atoms with E-state index in [2.05, 4.69) is 0 Å². The molecule has 0 aromatic carbocycles. The zero-order valence-electron chi connectivity index (χ0n) is 11.9. The molecule has 1 aliphatic rings. The summed E-state index contributed by atoms with van der Waals surface area (Å²) in [6.45, 7) is 3.07. The number of aryl methyl sites for hydroxylation is 1. The zero-order valence-corrected chi connectivity index (χ0v) is 12.8. The van der Waals surface area contributed by atoms with Crippen molar-refractivity contribution in [2.24, 2.45) is 5.92 Å². The van der Waals surface area contributed by atoms with Crippen molar-refractivity contribution in [1.29, 1.82) is 0 Å². The Balaban J connectivity index is 2.07. The minimum absolute atomic E-state index is 0.0383. The van der Waals surface area contributed by atoms with Crippen molar-refractivity contribution in [3.63, 3.8) is 0 Å². The van der Waals surface area contributed by atoms with Crippen molar-refractivity contribution in [3.8, 4) is 0 Å². The van der Waals surface area contributed by atoms with E-state index in [9.17, 15) is 13.5 Å². The number of aliphatic hydroxyl groups is 1. The van der Waals surface area contributed by atoms with E-state index in [0.29, 0.717) is 19.6 Å². The van der Waals surface area contributed by atoms with Gasteiger partial charge in [0.05, 0.1) is 6.26 Å². The molecule has 114 valence electrons. The molecule has 20 heavy (non-hydrogen) atoms. The van der Waals surface area contributed by atoms with Gasteiger partial charge in [-0.1, -0.05) is 0 Å². The van der Waals surface area contributed by atoms with Crippen LogP contribution in [-0.2, 0) is 16.8 Å². The molecule has 1 atom stereocenters. The molecule has 0 spiro atoms. The van der Waals surface area contributed by atoms with E-state index >= 15 is 0 Å². The van der Waals surface area contributed by atoms with Crippen molar-refractivity contribution in [2.75, 3.05) is 26.7 Å². The Morgan fingerprint density at radius 1 is 1.55 bits per heavy atom. The number of hydrogen-bond donors (Lipinski definition) is 1. The summed E-state index contributed by atoms with van der Waals surface area (Å²) in [6.07, 6.45) is 3.24. The second-order valence-corrected chi connectivity index (χ2v) is 7.35. The minimum Gasteiger partial charge on any atom is -0.469 e. The predicted molar refractivity (Wildman–Crippen MR) is 75.2 cm³/mol. The summed E-state index contributed by atoms with van der Waals surface area (Å²) in [7, 11) is -1.91. The van der Waals surface area contributed by atoms with Crippen LogP contribution in [0.25, 0.3) is 0 Å². The average Bonchev–Trinajstić information content (AvgIpc) is 2.84. The van der Waals surface area contributed by atoms with Gasteiger partial charge in [-0.05, 0) is 31.7 Å². The molecule has 1 saturated heterocycles. The average molecular weight is 302 g/mol. The Bertz CT molecular complexity index is 540. The summed E-state index contributed by atoms with van der Waals surface area (Å²) in [5.41, 5.74) is 0.867. The van der Waals surface area contributed by atoms with Crippen molar-refractivity contribution in [1.82, 2.24) is 8.61 Å². The van der Waals surface area contributed by atoms with E-state index in [1.54, 1.807) is 19.4 Å². The Morgan fingerprint density at radius 2 is 2.30 bits per heavy atom. The lowest BCUT2D eigenvalue weighted by Gasteiger charge is -2.33. The predicted octanol–water partition coefficient (Wildman–Crippen LogP) is 0.969. The minimum atomic E-state index is -3.48. The molecule has 0 bridgehead atoms. The molecule has 7 heteroatoms. The third-order valence-electron chi connectivity index (χ3n) is 3.82. The molecule has 1 aliphatic heterocycles. The molecule has 1 aromatic heterocycles. The summed E-state index contributed by atoms with van der Waals surface area (Å²) in [5.74, 6) is 0.779. The Morgan fingerprint density at radius 3 is 2.90 bits per heavy atom. The maximum absolute atomic E-state index is 12.5. The molecule has 0 saturated carbocycles. The van der Waals surface area contributed by atoms with Crippen molar-refractivity contribution < 1.29 is 17.9 Å². The molecule has 1 fully saturated rings. The first-order valence-corrected chi connectivity index (χ1v) is 8.20. The molecule has 6 nitrogen and oxygen atoms in total. The van der Waals surface area contributed by atoms with Crippen LogP contribution < -0.4 is 0 Å². The van der Waals surface area contributed by atoms with Crippen LogP contribution in [0.3, 0.4) is 0 Å². The van der Waals surface area contributed by atoms with E-state index in [1.165, 1.54) is 8.61 Å². The van der Waals surface area contributed by atoms with Gasteiger partial charge in [0.2, 0.25) is 0 Å². The third-order valence-corrected chi connectivity index (χ3v) is 5.72. The largest absolute Gasteiger partial charge is 0.469 e. The lowest BCUT2D eigenvalue weighted by Crippen LogP contribution is -2.47. The van der Waals surface area contributed by atoms with Gasteiger partial charge in [0.25, 0.3) is 10.2 Å². The van der Waals surface area contributed by atoms with Gasteiger partial charge in [-0.2, -0.15) is 17.0 Å². The topological polar surface area (TPSA) is 74.0 Å². The van der Waals surface area contributed by atoms with Gasteiger partial charge in [0.15, 0.2) is 0 Å². The van der Waals surface area contributed by atoms with E-state index in [4.69, 9.17) is 4.42 Å². The number of rotatable bonds is 5. The van der Waals surface area contributed by atoms with Gasteiger partial charge in [0.1, 0.15) is 5.76 Å². The Kier molecular flexibility index (Phi) is 4.85. The second-order valence-electron chi connectivity index (χ2n) is 5.31. The standard InChI is InChI=1S/C13H22N2O4S/c1-11-13(5-7-19-11)9-14(2)20(17,18)15-6-3-4-12(8-15)10-16/h5,7,12,16H,3-4,6,8-10H2,1-2H3. The molecular weight excluding hydrogens is 280 g/mol. The quantitative estimate of drug-likeness (QED) is 0.879. The number of furan rings is 1. The lowest BCUT2D eigenvalue weighted by atomic mass is 10.0. The van der Waals surface area contributed by atoms with E-state index in [-0.39, 0.29) is 12.5 Å². The lowest BCUT2D eigenvalue weighted by molar-refractivity contribution is 0.161. The van der Waals surface area contributed by atoms with Gasteiger partial charge in [-0.3, -0.25) is 0 Å². The fourth-order valence-corrected chi connectivity index (χ4v) is 3.93. The van der Waals surface area contributed by atoms with Crippen molar-refractivity contribution in [3.05, 3.63) is 23.7 Å². The normalized spacial score (nSPS) is 21.5. The van der Waals surface area contributed by atoms with Gasteiger partial charge in [-0.15, -0.1) is 0 Å². The smallest absolute Gasteiger partial charge is 0.282 e. The summed E-state index contributed by atoms with van der Waals surface area (Å²) in [6, 6.07) is 1.79. The summed E-state index contributed by atoms with van der Waals surface area (Å²) < 4.78 is 33.0. The summed E-state index contributed by atoms with van der Waals surface area (Å²) >= 11 is 0. The molecule has 2 rings (SSSR count). The van der Waals surface area contributed by atoms with Crippen LogP contribution in [0.4, 0.5) is 0 Å². The molecule has 1 unspecified atom stereocenters. The van der Waals surface area contributed by atoms with E-state index in [1.807, 2.05) is 6.92 Å². The van der Waals surface area contributed by atoms with Gasteiger partial charge < -0.3 is 9.52 Å². The van der Waals surface area contributed by atoms with Crippen LogP contribution in [0, 0.1) is 12.8 Å². The third kappa shape index (κ3) is 3.22. The van der Waals surface area contributed by atoms with Crippen LogP contribution in [0.2, 0.25) is 0 Å². The molecule has 0 aliphatic carbocycles. The number of aliphatic hydroxyl groups excluding tert-OH is 1. The fraction of sp³-hybridized carbons (Fsp3) is 0.692. The number of hydrogen-bond acceptors (Lipinski definition) is 4. The highest BCUT2D eigenvalue weighted by atomic mass is 32.2. The molecular formula is C13H22N2O4S. The zero-order chi connectivity index (χ0) is 14.8. The molecule has 1 aromatic rings. The highest BCUT2D eigenvalue weighted by Crippen LogP contribution is 2.22. The van der Waals surface area contributed by atoms with Crippen LogP contribution in [0.1, 0.15) is 24.2 Å². The maximum atomic E-state index is 12.5. The maximum Gasteiger partial charge on any atom is 0.282 e. The van der Waals surface area contributed by atoms with E-state index in [0.717, 1.165) is 24.2 Å². The fourth-order valence-electron chi connectivity index (χ4n) is 2.48. The van der Waals surface area contributed by atoms with Crippen LogP contribution in [-0.4, -0.2) is 48.9 Å². The summed E-state index contributed by atoms with van der Waals surface area (Å²) in [5, 5.41) is 9.21. The summed E-state index contributed by atoms with van der Waals surface area (Å²) in [4.78, 5) is 0. The molecule has 0 amide bonds. The second kappa shape index (κ2) is 6.26. The monoisotopic (exact) mass is 302 g/mol. The Labute approximate surface area is 120 Å². The highest BCUT2D eigenvalue weighted by molar-refractivity contribution is 7.86. The van der Waals surface area contributed by atoms with Crippen molar-refractivity contribution >= 4 is 10.2 Å². The molecule has 0 radical (unpaired) electrons. The highest BCUT2D eigenvalue weighted by Gasteiger charge is 2.31. The number of nitrogens with zero attached hydrogens (tertiary/aromatic N) is 2. The van der Waals surface area contributed by atoms with Crippen LogP contribution in [0.5, 0.6) is 0 Å². The van der Waals surface area contributed by atoms with Crippen molar-refractivity contribution in [2.45, 2.75) is 26.3 Å². The Hall–Kier alpha value is -0.890. The first kappa shape index (κ1) is 15.5.